The van der Waals surface area contributed by atoms with Gasteiger partial charge in [-0.2, -0.15) is 0 Å². The first-order valence-corrected chi connectivity index (χ1v) is 5.60. The Kier molecular flexibility index (Phi) is 4.06. The summed E-state index contributed by atoms with van der Waals surface area (Å²) >= 11 is 10.5. The van der Waals surface area contributed by atoms with Gasteiger partial charge in [-0.15, -0.1) is 0 Å². The third-order valence-corrected chi connectivity index (χ3v) is 2.96. The van der Waals surface area contributed by atoms with Crippen LogP contribution in [0.15, 0.2) is 18.2 Å². The van der Waals surface area contributed by atoms with Crippen molar-refractivity contribution in [2.24, 2.45) is 5.73 Å². The Morgan fingerprint density at radius 2 is 2.12 bits per heavy atom. The number of nitrogens with two attached hydrogens (primary N) is 1. The molecule has 0 saturated carbocycles. The maximum atomic E-state index is 13.4. The smallest absolute Gasteiger partial charge is 0.255 e. The van der Waals surface area contributed by atoms with Crippen LogP contribution in [0.5, 0.6) is 0 Å². The van der Waals surface area contributed by atoms with Gasteiger partial charge in [0.15, 0.2) is 0 Å². The van der Waals surface area contributed by atoms with E-state index < -0.39 is 17.3 Å². The number of nitrogens with one attached hydrogen (secondary N) is 1. The number of benzene rings is 1. The fourth-order valence-electron chi connectivity index (χ4n) is 1.08. The fraction of sp³-hybridized carbons (Fsp3) is 0.273. The number of halogens is 2. The van der Waals surface area contributed by atoms with Gasteiger partial charge in [0.2, 0.25) is 0 Å². The van der Waals surface area contributed by atoms with Crippen LogP contribution in [0.3, 0.4) is 0 Å². The molecule has 0 aliphatic carbocycles. The molecule has 0 aliphatic heterocycles. The highest BCUT2D eigenvalue weighted by Crippen LogP contribution is 2.16. The number of amides is 1. The third-order valence-electron chi connectivity index (χ3n) is 2.22. The molecule has 92 valence electrons. The third kappa shape index (κ3) is 3.38. The molecule has 1 rings (SSSR count). The summed E-state index contributed by atoms with van der Waals surface area (Å²) in [6.07, 6.45) is 0. The number of carbonyl (C=O) groups excluding carboxylic acids is 1. The number of hydrogen-bond acceptors (Lipinski definition) is 2. The Balaban J connectivity index is 2.98. The van der Waals surface area contributed by atoms with Crippen LogP contribution in [0.2, 0.25) is 5.02 Å². The minimum absolute atomic E-state index is 0.119. The van der Waals surface area contributed by atoms with E-state index in [1.807, 2.05) is 0 Å². The van der Waals surface area contributed by atoms with Crippen LogP contribution in [0, 0.1) is 5.82 Å². The summed E-state index contributed by atoms with van der Waals surface area (Å²) in [7, 11) is 0. The monoisotopic (exact) mass is 274 g/mol. The summed E-state index contributed by atoms with van der Waals surface area (Å²) in [4.78, 5) is 11.9. The molecule has 0 heterocycles. The zero-order valence-electron chi connectivity index (χ0n) is 9.38. The molecule has 1 aromatic rings. The summed E-state index contributed by atoms with van der Waals surface area (Å²) in [6, 6.07) is 3.75. The van der Waals surface area contributed by atoms with Crippen LogP contribution in [0.4, 0.5) is 4.39 Å². The normalized spacial score (nSPS) is 11.1. The first-order chi connectivity index (χ1) is 7.74. The van der Waals surface area contributed by atoms with Crippen molar-refractivity contribution < 1.29 is 9.18 Å². The van der Waals surface area contributed by atoms with Crippen molar-refractivity contribution in [1.29, 1.82) is 0 Å². The summed E-state index contributed by atoms with van der Waals surface area (Å²) in [5.41, 5.74) is 4.44. The fourth-order valence-corrected chi connectivity index (χ4v) is 1.31. The molecular formula is C11H12ClFN2OS. The van der Waals surface area contributed by atoms with Crippen molar-refractivity contribution in [3.05, 3.63) is 34.6 Å². The van der Waals surface area contributed by atoms with E-state index in [9.17, 15) is 9.18 Å². The van der Waals surface area contributed by atoms with Gasteiger partial charge in [0.05, 0.1) is 16.1 Å². The molecule has 0 fully saturated rings. The van der Waals surface area contributed by atoms with Crippen LogP contribution in [0.25, 0.3) is 0 Å². The lowest BCUT2D eigenvalue weighted by Gasteiger charge is -2.24. The predicted octanol–water partition coefficient (Wildman–Crippen LogP) is 2.27. The molecule has 0 spiro atoms. The largest absolute Gasteiger partial charge is 0.391 e. The standard InChI is InChI=1S/C11H12ClFN2OS/c1-11(2,10(14)17)15-9(16)7-5-6(12)3-4-8(7)13/h3-5H,1-2H3,(H2,14,17)(H,15,16). The highest BCUT2D eigenvalue weighted by Gasteiger charge is 2.25. The van der Waals surface area contributed by atoms with Crippen LogP contribution >= 0.6 is 23.8 Å². The number of hydrogen-bond donors (Lipinski definition) is 2. The highest BCUT2D eigenvalue weighted by molar-refractivity contribution is 7.80. The van der Waals surface area contributed by atoms with E-state index in [-0.39, 0.29) is 15.6 Å². The highest BCUT2D eigenvalue weighted by atomic mass is 35.5. The Morgan fingerprint density at radius 3 is 2.65 bits per heavy atom. The summed E-state index contributed by atoms with van der Waals surface area (Å²) in [6.45, 7) is 3.27. The van der Waals surface area contributed by atoms with E-state index >= 15 is 0 Å². The van der Waals surface area contributed by atoms with Gasteiger partial charge in [-0.05, 0) is 32.0 Å². The minimum Gasteiger partial charge on any atom is -0.391 e. The molecule has 0 saturated heterocycles. The van der Waals surface area contributed by atoms with E-state index in [0.29, 0.717) is 0 Å². The number of thiocarbonyl (C=S) groups is 1. The van der Waals surface area contributed by atoms with Gasteiger partial charge in [-0.1, -0.05) is 23.8 Å². The Bertz CT molecular complexity index is 477. The topological polar surface area (TPSA) is 55.1 Å². The Hall–Kier alpha value is -1.20. The molecule has 3 nitrogen and oxygen atoms in total. The second-order valence-electron chi connectivity index (χ2n) is 4.07. The van der Waals surface area contributed by atoms with Crippen LogP contribution < -0.4 is 11.1 Å². The summed E-state index contributed by atoms with van der Waals surface area (Å²) < 4.78 is 13.4. The molecule has 0 bridgehead atoms. The molecule has 0 radical (unpaired) electrons. The lowest BCUT2D eigenvalue weighted by Crippen LogP contribution is -2.52. The molecule has 0 aliphatic rings. The van der Waals surface area contributed by atoms with E-state index in [0.717, 1.165) is 6.07 Å². The lowest BCUT2D eigenvalue weighted by atomic mass is 10.0. The van der Waals surface area contributed by atoms with Crippen LogP contribution in [0.1, 0.15) is 24.2 Å². The van der Waals surface area contributed by atoms with Gasteiger partial charge in [0, 0.05) is 5.02 Å². The summed E-state index contributed by atoms with van der Waals surface area (Å²) in [5.74, 6) is -1.26. The molecule has 1 aromatic carbocycles. The second-order valence-corrected chi connectivity index (χ2v) is 4.94. The molecule has 0 aromatic heterocycles. The van der Waals surface area contributed by atoms with E-state index in [2.05, 4.69) is 5.32 Å². The average molecular weight is 275 g/mol. The first kappa shape index (κ1) is 13.9. The molecule has 0 atom stereocenters. The quantitative estimate of drug-likeness (QED) is 0.832. The van der Waals surface area contributed by atoms with Gasteiger partial charge in [-0.25, -0.2) is 4.39 Å². The van der Waals surface area contributed by atoms with Crippen molar-refractivity contribution in [3.63, 3.8) is 0 Å². The Morgan fingerprint density at radius 1 is 1.53 bits per heavy atom. The van der Waals surface area contributed by atoms with E-state index in [4.69, 9.17) is 29.6 Å². The zero-order chi connectivity index (χ0) is 13.2. The predicted molar refractivity (Wildman–Crippen MR) is 69.7 cm³/mol. The van der Waals surface area contributed by atoms with Crippen molar-refractivity contribution in [3.8, 4) is 0 Å². The van der Waals surface area contributed by atoms with Crippen molar-refractivity contribution in [2.45, 2.75) is 19.4 Å². The van der Waals surface area contributed by atoms with Crippen molar-refractivity contribution in [1.82, 2.24) is 5.32 Å². The van der Waals surface area contributed by atoms with Crippen molar-refractivity contribution in [2.75, 3.05) is 0 Å². The molecule has 17 heavy (non-hydrogen) atoms. The maximum Gasteiger partial charge on any atom is 0.255 e. The van der Waals surface area contributed by atoms with Crippen LogP contribution in [-0.4, -0.2) is 16.4 Å². The van der Waals surface area contributed by atoms with Crippen molar-refractivity contribution >= 4 is 34.7 Å². The summed E-state index contributed by atoms with van der Waals surface area (Å²) in [5, 5.41) is 2.82. The maximum absolute atomic E-state index is 13.4. The molecule has 6 heteroatoms. The van der Waals surface area contributed by atoms with Crippen LogP contribution in [-0.2, 0) is 0 Å². The zero-order valence-corrected chi connectivity index (χ0v) is 11.0. The molecular weight excluding hydrogens is 263 g/mol. The van der Waals surface area contributed by atoms with Gasteiger partial charge in [0.25, 0.3) is 5.91 Å². The first-order valence-electron chi connectivity index (χ1n) is 4.81. The lowest BCUT2D eigenvalue weighted by molar-refractivity contribution is 0.0928. The Labute approximate surface area is 109 Å². The number of rotatable bonds is 3. The van der Waals surface area contributed by atoms with Gasteiger partial charge in [-0.3, -0.25) is 4.79 Å². The van der Waals surface area contributed by atoms with Gasteiger partial charge in [0.1, 0.15) is 5.82 Å². The minimum atomic E-state index is -0.888. The second kappa shape index (κ2) is 4.98. The van der Waals surface area contributed by atoms with Gasteiger partial charge >= 0.3 is 0 Å². The van der Waals surface area contributed by atoms with E-state index in [1.54, 1.807) is 13.8 Å². The number of carbonyl (C=O) groups is 1. The van der Waals surface area contributed by atoms with E-state index in [1.165, 1.54) is 12.1 Å². The molecule has 3 N–H and O–H groups in total. The molecule has 0 unspecified atom stereocenters. The molecule has 1 amide bonds. The average Bonchev–Trinajstić information content (AvgIpc) is 2.20. The SMILES string of the molecule is CC(C)(NC(=O)c1cc(Cl)ccc1F)C(N)=S. The van der Waals surface area contributed by atoms with Gasteiger partial charge < -0.3 is 11.1 Å².